The zero-order valence-electron chi connectivity index (χ0n) is 11.3. The van der Waals surface area contributed by atoms with Crippen molar-refractivity contribution in [2.45, 2.75) is 5.92 Å². The maximum Gasteiger partial charge on any atom is 0.335 e. The molecular weight excluding hydrogens is 268 g/mol. The van der Waals surface area contributed by atoms with Crippen LogP contribution in [0.1, 0.15) is 32.3 Å². The molecule has 1 aliphatic heterocycles. The van der Waals surface area contributed by atoms with Gasteiger partial charge in [-0.25, -0.2) is 4.79 Å². The van der Waals surface area contributed by atoms with Gasteiger partial charge in [0.1, 0.15) is 0 Å². The van der Waals surface area contributed by atoms with Gasteiger partial charge in [-0.3, -0.25) is 9.78 Å². The smallest absolute Gasteiger partial charge is 0.335 e. The van der Waals surface area contributed by atoms with Crippen molar-refractivity contribution in [3.8, 4) is 0 Å². The Kier molecular flexibility index (Phi) is 3.39. The van der Waals surface area contributed by atoms with E-state index in [1.54, 1.807) is 23.2 Å². The van der Waals surface area contributed by atoms with Crippen molar-refractivity contribution in [2.24, 2.45) is 0 Å². The predicted octanol–water partition coefficient (Wildman–Crippen LogP) is 2.02. The van der Waals surface area contributed by atoms with Crippen LogP contribution >= 0.6 is 0 Å². The highest BCUT2D eigenvalue weighted by atomic mass is 16.4. The molecule has 1 N–H and O–H groups in total. The first-order chi connectivity index (χ1) is 10.1. The number of rotatable bonds is 3. The lowest BCUT2D eigenvalue weighted by atomic mass is 9.94. The quantitative estimate of drug-likeness (QED) is 0.935. The maximum absolute atomic E-state index is 12.3. The number of nitrogens with zero attached hydrogens (tertiary/aromatic N) is 2. The summed E-state index contributed by atoms with van der Waals surface area (Å²) in [5, 5.41) is 8.96. The van der Waals surface area contributed by atoms with E-state index in [0.717, 1.165) is 5.69 Å². The zero-order chi connectivity index (χ0) is 14.8. The topological polar surface area (TPSA) is 70.5 Å². The average molecular weight is 282 g/mol. The number of likely N-dealkylation sites (tertiary alicyclic amines) is 1. The summed E-state index contributed by atoms with van der Waals surface area (Å²) in [4.78, 5) is 29.2. The summed E-state index contributed by atoms with van der Waals surface area (Å²) in [7, 11) is 0. The van der Waals surface area contributed by atoms with Gasteiger partial charge in [-0.15, -0.1) is 0 Å². The van der Waals surface area contributed by atoms with Gasteiger partial charge in [-0.2, -0.15) is 0 Å². The van der Waals surface area contributed by atoms with Crippen molar-refractivity contribution in [1.29, 1.82) is 0 Å². The first-order valence-electron chi connectivity index (χ1n) is 6.68. The van der Waals surface area contributed by atoms with Crippen LogP contribution in [-0.4, -0.2) is 40.0 Å². The van der Waals surface area contributed by atoms with Crippen LogP contribution in [0.25, 0.3) is 0 Å². The van der Waals surface area contributed by atoms with E-state index in [-0.39, 0.29) is 17.4 Å². The van der Waals surface area contributed by atoms with E-state index in [1.807, 2.05) is 18.2 Å². The number of aromatic carboxylic acids is 1. The summed E-state index contributed by atoms with van der Waals surface area (Å²) < 4.78 is 0. The lowest BCUT2D eigenvalue weighted by Gasteiger charge is -2.39. The second-order valence-electron chi connectivity index (χ2n) is 5.05. The fraction of sp³-hybridized carbons (Fsp3) is 0.188. The first-order valence-corrected chi connectivity index (χ1v) is 6.68. The van der Waals surface area contributed by atoms with Gasteiger partial charge in [0.2, 0.25) is 0 Å². The largest absolute Gasteiger partial charge is 0.478 e. The summed E-state index contributed by atoms with van der Waals surface area (Å²) in [5.41, 5.74) is 1.53. The number of hydrogen-bond donors (Lipinski definition) is 1. The molecule has 106 valence electrons. The van der Waals surface area contributed by atoms with Crippen LogP contribution < -0.4 is 0 Å². The monoisotopic (exact) mass is 282 g/mol. The lowest BCUT2D eigenvalue weighted by Crippen LogP contribution is -2.48. The lowest BCUT2D eigenvalue weighted by molar-refractivity contribution is 0.0598. The van der Waals surface area contributed by atoms with Gasteiger partial charge in [-0.1, -0.05) is 12.1 Å². The summed E-state index contributed by atoms with van der Waals surface area (Å²) in [6.07, 6.45) is 1.75. The highest BCUT2D eigenvalue weighted by molar-refractivity contribution is 5.97. The van der Waals surface area contributed by atoms with Crippen molar-refractivity contribution in [3.05, 3.63) is 65.5 Å². The van der Waals surface area contributed by atoms with Crippen LogP contribution in [0.3, 0.4) is 0 Å². The Morgan fingerprint density at radius 1 is 1.10 bits per heavy atom. The molecule has 5 heteroatoms. The van der Waals surface area contributed by atoms with E-state index in [0.29, 0.717) is 18.7 Å². The molecule has 0 saturated carbocycles. The molecule has 0 spiro atoms. The van der Waals surface area contributed by atoms with Gasteiger partial charge in [0, 0.05) is 36.5 Å². The van der Waals surface area contributed by atoms with Gasteiger partial charge in [0.15, 0.2) is 0 Å². The second kappa shape index (κ2) is 5.36. The molecule has 1 aliphatic rings. The molecule has 2 heterocycles. The molecule has 1 aromatic carbocycles. The van der Waals surface area contributed by atoms with Crippen LogP contribution in [0.15, 0.2) is 48.7 Å². The Balaban J connectivity index is 1.68. The Morgan fingerprint density at radius 2 is 1.86 bits per heavy atom. The molecule has 1 fully saturated rings. The number of carbonyl (C=O) groups is 2. The van der Waals surface area contributed by atoms with Crippen molar-refractivity contribution < 1.29 is 14.7 Å². The van der Waals surface area contributed by atoms with Gasteiger partial charge >= 0.3 is 5.97 Å². The van der Waals surface area contributed by atoms with E-state index in [1.165, 1.54) is 12.1 Å². The third-order valence-electron chi connectivity index (χ3n) is 3.63. The van der Waals surface area contributed by atoms with Crippen LogP contribution in [0, 0.1) is 0 Å². The Labute approximate surface area is 121 Å². The zero-order valence-corrected chi connectivity index (χ0v) is 11.3. The van der Waals surface area contributed by atoms with Crippen molar-refractivity contribution in [3.63, 3.8) is 0 Å². The standard InChI is InChI=1S/C16H14N2O3/c19-15(11-4-3-5-12(8-11)16(20)21)18-9-13(10-18)14-6-1-2-7-17-14/h1-8,13H,9-10H2,(H,20,21). The number of benzene rings is 1. The predicted molar refractivity (Wildman–Crippen MR) is 76.3 cm³/mol. The number of carboxylic acid groups (broad SMARTS) is 1. The fourth-order valence-corrected chi connectivity index (χ4v) is 2.42. The fourth-order valence-electron chi connectivity index (χ4n) is 2.42. The maximum atomic E-state index is 12.3. The van der Waals surface area contributed by atoms with Crippen LogP contribution in [0.5, 0.6) is 0 Å². The highest BCUT2D eigenvalue weighted by Gasteiger charge is 2.33. The van der Waals surface area contributed by atoms with Crippen molar-refractivity contribution in [2.75, 3.05) is 13.1 Å². The number of carboxylic acids is 1. The Bertz CT molecular complexity index is 679. The van der Waals surface area contributed by atoms with Gasteiger partial charge in [0.25, 0.3) is 5.91 Å². The van der Waals surface area contributed by atoms with Gasteiger partial charge in [-0.05, 0) is 30.3 Å². The molecule has 5 nitrogen and oxygen atoms in total. The average Bonchev–Trinajstić information content (AvgIpc) is 2.47. The van der Waals surface area contributed by atoms with E-state index < -0.39 is 5.97 Å². The van der Waals surface area contributed by atoms with Crippen molar-refractivity contribution >= 4 is 11.9 Å². The van der Waals surface area contributed by atoms with Crippen LogP contribution in [-0.2, 0) is 0 Å². The summed E-state index contributed by atoms with van der Waals surface area (Å²) >= 11 is 0. The van der Waals surface area contributed by atoms with Crippen LogP contribution in [0.4, 0.5) is 0 Å². The minimum atomic E-state index is -1.03. The number of hydrogen-bond acceptors (Lipinski definition) is 3. The van der Waals surface area contributed by atoms with E-state index in [2.05, 4.69) is 4.98 Å². The minimum absolute atomic E-state index is 0.127. The molecule has 1 aromatic heterocycles. The molecule has 1 saturated heterocycles. The third-order valence-corrected chi connectivity index (χ3v) is 3.63. The number of carbonyl (C=O) groups excluding carboxylic acids is 1. The third kappa shape index (κ3) is 2.63. The summed E-state index contributed by atoms with van der Waals surface area (Å²) in [6, 6.07) is 11.9. The van der Waals surface area contributed by atoms with E-state index in [9.17, 15) is 9.59 Å². The molecule has 21 heavy (non-hydrogen) atoms. The second-order valence-corrected chi connectivity index (χ2v) is 5.05. The number of amides is 1. The number of pyridine rings is 1. The Morgan fingerprint density at radius 3 is 2.52 bits per heavy atom. The normalized spacial score (nSPS) is 14.6. The molecule has 0 atom stereocenters. The molecule has 0 radical (unpaired) electrons. The SMILES string of the molecule is O=C(O)c1cccc(C(=O)N2CC(c3ccccn3)C2)c1. The van der Waals surface area contributed by atoms with Gasteiger partial charge in [0.05, 0.1) is 5.56 Å². The Hall–Kier alpha value is -2.69. The molecular formula is C16H14N2O3. The number of aromatic nitrogens is 1. The van der Waals surface area contributed by atoms with Gasteiger partial charge < -0.3 is 10.0 Å². The van der Waals surface area contributed by atoms with E-state index >= 15 is 0 Å². The van der Waals surface area contributed by atoms with E-state index in [4.69, 9.17) is 5.11 Å². The highest BCUT2D eigenvalue weighted by Crippen LogP contribution is 2.26. The molecule has 0 unspecified atom stereocenters. The molecule has 0 bridgehead atoms. The minimum Gasteiger partial charge on any atom is -0.478 e. The molecule has 3 rings (SSSR count). The summed E-state index contributed by atoms with van der Waals surface area (Å²) in [5.74, 6) is -0.900. The first kappa shape index (κ1) is 13.3. The summed E-state index contributed by atoms with van der Waals surface area (Å²) in [6.45, 7) is 1.24. The van der Waals surface area contributed by atoms with Crippen molar-refractivity contribution in [1.82, 2.24) is 9.88 Å². The molecule has 1 amide bonds. The molecule has 0 aliphatic carbocycles. The van der Waals surface area contributed by atoms with Crippen LogP contribution in [0.2, 0.25) is 0 Å². The molecule has 2 aromatic rings.